The van der Waals surface area contributed by atoms with Crippen LogP contribution in [0, 0.1) is 11.8 Å². The zero-order valence-corrected chi connectivity index (χ0v) is 11.3. The molecule has 1 saturated carbocycles. The number of aryl methyl sites for hydroxylation is 1. The highest BCUT2D eigenvalue weighted by Crippen LogP contribution is 2.33. The van der Waals surface area contributed by atoms with Crippen molar-refractivity contribution in [2.24, 2.45) is 11.8 Å². The molecule has 0 amide bonds. The fourth-order valence-corrected chi connectivity index (χ4v) is 3.06. The van der Waals surface area contributed by atoms with E-state index in [4.69, 9.17) is 0 Å². The zero-order valence-electron chi connectivity index (χ0n) is 11.3. The average Bonchev–Trinajstić information content (AvgIpc) is 2.94. The first-order valence-electron chi connectivity index (χ1n) is 6.91. The van der Waals surface area contributed by atoms with Crippen LogP contribution < -0.4 is 5.32 Å². The van der Waals surface area contributed by atoms with Crippen LogP contribution in [-0.4, -0.2) is 22.9 Å². The summed E-state index contributed by atoms with van der Waals surface area (Å²) in [6, 6.07) is 0.620. The molecule has 1 aromatic heterocycles. The monoisotopic (exact) mass is 235 g/mol. The highest BCUT2D eigenvalue weighted by Gasteiger charge is 2.28. The largest absolute Gasteiger partial charge is 0.316 e. The first-order valence-corrected chi connectivity index (χ1v) is 6.91. The summed E-state index contributed by atoms with van der Waals surface area (Å²) in [6.45, 7) is 5.47. The van der Waals surface area contributed by atoms with E-state index in [0.29, 0.717) is 6.04 Å². The molecule has 0 aliphatic heterocycles. The van der Waals surface area contributed by atoms with Crippen molar-refractivity contribution in [3.63, 3.8) is 0 Å². The Bertz CT molecular complexity index is 345. The number of nitrogens with one attached hydrogen (secondary N) is 1. The molecular formula is C14H25N3. The smallest absolute Gasteiger partial charge is 0.0522 e. The third kappa shape index (κ3) is 3.09. The van der Waals surface area contributed by atoms with Crippen LogP contribution in [0.5, 0.6) is 0 Å². The Morgan fingerprint density at radius 3 is 2.88 bits per heavy atom. The lowest BCUT2D eigenvalue weighted by Gasteiger charge is -2.22. The highest BCUT2D eigenvalue weighted by molar-refractivity contribution is 5.07. The Hall–Kier alpha value is -0.830. The van der Waals surface area contributed by atoms with Crippen LogP contribution in [0.3, 0.4) is 0 Å². The SMILES string of the molecule is CCn1cc(CC(NC)C2CCC(C)C2)cn1. The van der Waals surface area contributed by atoms with E-state index in [1.165, 1.54) is 24.8 Å². The molecule has 3 atom stereocenters. The van der Waals surface area contributed by atoms with Crippen molar-refractivity contribution in [2.75, 3.05) is 7.05 Å². The van der Waals surface area contributed by atoms with Crippen molar-refractivity contribution in [1.82, 2.24) is 15.1 Å². The van der Waals surface area contributed by atoms with Crippen LogP contribution in [-0.2, 0) is 13.0 Å². The summed E-state index contributed by atoms with van der Waals surface area (Å²) in [5, 5.41) is 7.86. The number of likely N-dealkylation sites (N-methyl/N-ethyl adjacent to an activating group) is 1. The molecule has 1 fully saturated rings. The molecule has 0 saturated heterocycles. The lowest BCUT2D eigenvalue weighted by molar-refractivity contribution is 0.367. The minimum atomic E-state index is 0.620. The maximum Gasteiger partial charge on any atom is 0.0522 e. The molecular weight excluding hydrogens is 210 g/mol. The normalized spacial score (nSPS) is 26.3. The van der Waals surface area contributed by atoms with Crippen LogP contribution in [0.4, 0.5) is 0 Å². The quantitative estimate of drug-likeness (QED) is 0.849. The van der Waals surface area contributed by atoms with Crippen molar-refractivity contribution in [3.05, 3.63) is 18.0 Å². The third-order valence-electron chi connectivity index (χ3n) is 4.14. The summed E-state index contributed by atoms with van der Waals surface area (Å²) < 4.78 is 2.01. The summed E-state index contributed by atoms with van der Waals surface area (Å²) in [6.07, 6.45) is 9.49. The van der Waals surface area contributed by atoms with Crippen molar-refractivity contribution in [2.45, 2.75) is 52.1 Å². The van der Waals surface area contributed by atoms with Crippen LogP contribution in [0.25, 0.3) is 0 Å². The summed E-state index contributed by atoms with van der Waals surface area (Å²) in [7, 11) is 2.10. The van der Waals surface area contributed by atoms with Crippen molar-refractivity contribution < 1.29 is 0 Å². The number of nitrogens with zero attached hydrogens (tertiary/aromatic N) is 2. The van der Waals surface area contributed by atoms with Gasteiger partial charge in [0.2, 0.25) is 0 Å². The molecule has 1 N–H and O–H groups in total. The molecule has 3 heteroatoms. The van der Waals surface area contributed by atoms with E-state index in [9.17, 15) is 0 Å². The van der Waals surface area contributed by atoms with E-state index in [1.54, 1.807) is 0 Å². The van der Waals surface area contributed by atoms with Crippen molar-refractivity contribution in [1.29, 1.82) is 0 Å². The molecule has 1 aliphatic carbocycles. The van der Waals surface area contributed by atoms with Gasteiger partial charge in [0.15, 0.2) is 0 Å². The molecule has 3 unspecified atom stereocenters. The molecule has 1 aliphatic rings. The highest BCUT2D eigenvalue weighted by atomic mass is 15.3. The zero-order chi connectivity index (χ0) is 12.3. The summed E-state index contributed by atoms with van der Waals surface area (Å²) in [4.78, 5) is 0. The Labute approximate surface area is 105 Å². The molecule has 17 heavy (non-hydrogen) atoms. The second-order valence-corrected chi connectivity index (χ2v) is 5.48. The van der Waals surface area contributed by atoms with Crippen LogP contribution >= 0.6 is 0 Å². The van der Waals surface area contributed by atoms with Gasteiger partial charge in [-0.15, -0.1) is 0 Å². The second kappa shape index (κ2) is 5.67. The average molecular weight is 235 g/mol. The molecule has 2 rings (SSSR count). The molecule has 0 bridgehead atoms. The minimum absolute atomic E-state index is 0.620. The first-order chi connectivity index (χ1) is 8.22. The van der Waals surface area contributed by atoms with E-state index in [1.807, 2.05) is 10.9 Å². The van der Waals surface area contributed by atoms with E-state index >= 15 is 0 Å². The number of hydrogen-bond donors (Lipinski definition) is 1. The number of rotatable bonds is 5. The molecule has 3 nitrogen and oxygen atoms in total. The lowest BCUT2D eigenvalue weighted by Crippen LogP contribution is -2.34. The second-order valence-electron chi connectivity index (χ2n) is 5.48. The Morgan fingerprint density at radius 2 is 2.35 bits per heavy atom. The van der Waals surface area contributed by atoms with E-state index in [0.717, 1.165) is 24.8 Å². The first kappa shape index (κ1) is 12.6. The fourth-order valence-electron chi connectivity index (χ4n) is 3.06. The van der Waals surface area contributed by atoms with E-state index < -0.39 is 0 Å². The van der Waals surface area contributed by atoms with Gasteiger partial charge in [-0.2, -0.15) is 5.10 Å². The predicted molar refractivity (Wildman–Crippen MR) is 71.0 cm³/mol. The van der Waals surface area contributed by atoms with Gasteiger partial charge in [-0.05, 0) is 50.6 Å². The van der Waals surface area contributed by atoms with Gasteiger partial charge in [0.05, 0.1) is 6.20 Å². The van der Waals surface area contributed by atoms with Crippen LogP contribution in [0.2, 0.25) is 0 Å². The molecule has 1 aromatic rings. The fraction of sp³-hybridized carbons (Fsp3) is 0.786. The van der Waals surface area contributed by atoms with Gasteiger partial charge in [-0.3, -0.25) is 4.68 Å². The van der Waals surface area contributed by atoms with Gasteiger partial charge in [0, 0.05) is 18.8 Å². The Morgan fingerprint density at radius 1 is 1.53 bits per heavy atom. The van der Waals surface area contributed by atoms with Crippen molar-refractivity contribution >= 4 is 0 Å². The van der Waals surface area contributed by atoms with Gasteiger partial charge in [-0.1, -0.05) is 13.3 Å². The predicted octanol–water partition coefficient (Wildman–Crippen LogP) is 2.47. The van der Waals surface area contributed by atoms with Gasteiger partial charge >= 0.3 is 0 Å². The van der Waals surface area contributed by atoms with Gasteiger partial charge in [-0.25, -0.2) is 0 Å². The minimum Gasteiger partial charge on any atom is -0.316 e. The van der Waals surface area contributed by atoms with Crippen LogP contribution in [0.1, 0.15) is 38.7 Å². The Balaban J connectivity index is 1.95. The number of aromatic nitrogens is 2. The molecule has 0 radical (unpaired) electrons. The lowest BCUT2D eigenvalue weighted by atomic mass is 9.92. The summed E-state index contributed by atoms with van der Waals surface area (Å²) in [5.41, 5.74) is 1.37. The standard InChI is InChI=1S/C14H25N3/c1-4-17-10-12(9-16-17)8-14(15-3)13-6-5-11(2)7-13/h9-11,13-15H,4-8H2,1-3H3. The molecule has 0 spiro atoms. The van der Waals surface area contributed by atoms with Crippen LogP contribution in [0.15, 0.2) is 12.4 Å². The van der Waals surface area contributed by atoms with E-state index in [2.05, 4.69) is 37.5 Å². The van der Waals surface area contributed by atoms with Crippen molar-refractivity contribution in [3.8, 4) is 0 Å². The van der Waals surface area contributed by atoms with Gasteiger partial charge in [0.25, 0.3) is 0 Å². The Kier molecular flexibility index (Phi) is 4.21. The maximum absolute atomic E-state index is 4.35. The number of hydrogen-bond acceptors (Lipinski definition) is 2. The summed E-state index contributed by atoms with van der Waals surface area (Å²) in [5.74, 6) is 1.76. The summed E-state index contributed by atoms with van der Waals surface area (Å²) >= 11 is 0. The molecule has 96 valence electrons. The van der Waals surface area contributed by atoms with Gasteiger partial charge < -0.3 is 5.32 Å². The maximum atomic E-state index is 4.35. The van der Waals surface area contributed by atoms with Gasteiger partial charge in [0.1, 0.15) is 0 Å². The third-order valence-corrected chi connectivity index (χ3v) is 4.14. The molecule has 1 heterocycles. The van der Waals surface area contributed by atoms with E-state index in [-0.39, 0.29) is 0 Å². The topological polar surface area (TPSA) is 29.9 Å². The molecule has 0 aromatic carbocycles.